The lowest BCUT2D eigenvalue weighted by Gasteiger charge is -2.58. The molecular formula is C41H62N4O9Si. The summed E-state index contributed by atoms with van der Waals surface area (Å²) in [5.74, 6) is -2.78. The number of unbranched alkanes of at least 4 members (excludes halogenated alkanes) is 1. The minimum atomic E-state index is -2.95. The number of ketones is 2. The van der Waals surface area contributed by atoms with E-state index in [1.54, 1.807) is 26.8 Å². The Morgan fingerprint density at radius 3 is 2.24 bits per heavy atom. The maximum absolute atomic E-state index is 15.7. The highest BCUT2D eigenvalue weighted by Gasteiger charge is 2.70. The predicted octanol–water partition coefficient (Wildman–Crippen LogP) is 7.47. The van der Waals surface area contributed by atoms with Crippen LogP contribution in [-0.4, -0.2) is 113 Å². The molecule has 1 aromatic carbocycles. The van der Waals surface area contributed by atoms with Crippen molar-refractivity contribution in [2.24, 2.45) is 17.8 Å². The molecule has 5 rings (SSSR count). The molecule has 0 spiro atoms. The molecule has 3 aliphatic rings. The van der Waals surface area contributed by atoms with Crippen LogP contribution in [0.15, 0.2) is 28.0 Å². The van der Waals surface area contributed by atoms with Gasteiger partial charge in [0, 0.05) is 37.8 Å². The maximum Gasteiger partial charge on any atom is 0.514 e. The molecule has 0 saturated carbocycles. The zero-order valence-corrected chi connectivity index (χ0v) is 36.5. The van der Waals surface area contributed by atoms with Crippen LogP contribution in [0, 0.1) is 17.8 Å². The van der Waals surface area contributed by atoms with E-state index in [4.69, 9.17) is 23.2 Å². The molecule has 0 aliphatic heterocycles. The summed E-state index contributed by atoms with van der Waals surface area (Å²) in [5.41, 5.74) is -1.07. The summed E-state index contributed by atoms with van der Waals surface area (Å²) < 4.78 is 30.8. The first kappa shape index (κ1) is 42.4. The number of carbonyl (C=O) groups excluding carboxylic acids is 3. The van der Waals surface area contributed by atoms with E-state index in [1.807, 2.05) is 83.1 Å². The van der Waals surface area contributed by atoms with Crippen LogP contribution in [0.4, 0.5) is 10.5 Å². The molecule has 14 heteroatoms. The molecule has 1 heterocycles. The number of aliphatic hydroxyl groups is 1. The zero-order valence-electron chi connectivity index (χ0n) is 35.5. The van der Waals surface area contributed by atoms with Gasteiger partial charge in [0.15, 0.2) is 25.5 Å². The van der Waals surface area contributed by atoms with Crippen LogP contribution in [0.1, 0.15) is 99.4 Å². The van der Waals surface area contributed by atoms with Gasteiger partial charge >= 0.3 is 6.16 Å². The number of fused-ring (bicyclic) bond motifs is 4. The number of nitrogens with zero attached hydrogens (tertiary/aromatic N) is 4. The summed E-state index contributed by atoms with van der Waals surface area (Å²) in [7, 11) is 8.57. The highest BCUT2D eigenvalue weighted by molar-refractivity contribution is 6.74. The summed E-state index contributed by atoms with van der Waals surface area (Å²) in [6.45, 7) is 18.3. The number of Topliss-reactive ketones (excluding diaryl/α,β-unsaturated/α-hetero) is 2. The molecule has 0 saturated heterocycles. The van der Waals surface area contributed by atoms with E-state index < -0.39 is 71.8 Å². The summed E-state index contributed by atoms with van der Waals surface area (Å²) in [6.07, 6.45) is 0.959. The average molecular weight is 783 g/mol. The third-order valence-electron chi connectivity index (χ3n) is 11.6. The minimum Gasteiger partial charge on any atom is -0.508 e. The first-order valence-electron chi connectivity index (χ1n) is 19.3. The highest BCUT2D eigenvalue weighted by atomic mass is 28.4. The Kier molecular flexibility index (Phi) is 11.6. The average Bonchev–Trinajstić information content (AvgIpc) is 3.45. The van der Waals surface area contributed by atoms with Crippen LogP contribution in [0.3, 0.4) is 0 Å². The van der Waals surface area contributed by atoms with Crippen molar-refractivity contribution in [2.75, 3.05) is 60.3 Å². The van der Waals surface area contributed by atoms with Crippen molar-refractivity contribution in [3.8, 4) is 11.6 Å². The normalized spacial score (nSPS) is 24.0. The number of benzene rings is 1. The molecule has 55 heavy (non-hydrogen) atoms. The number of hydrogen-bond acceptors (Lipinski definition) is 13. The van der Waals surface area contributed by atoms with Crippen molar-refractivity contribution in [1.82, 2.24) is 15.0 Å². The fourth-order valence-corrected chi connectivity index (χ4v) is 9.67. The SMILES string of the molecule is CCCCOc1noc2c1C(=O)[C@@]1(O[Si](C)(C)C(C)(C)C)C(O)=C3C(=O)c4c(OC(=O)OC(C)(C)C)ccc(N(C)C)c4C[C@H]3[C@@H](CN(C)C)[C@H]1[C@@H]2N(C)C. The lowest BCUT2D eigenvalue weighted by Crippen LogP contribution is -2.68. The van der Waals surface area contributed by atoms with E-state index in [0.29, 0.717) is 30.9 Å². The number of allylic oxidation sites excluding steroid dienone is 1. The molecule has 0 amide bonds. The third-order valence-corrected chi connectivity index (χ3v) is 16.0. The molecule has 3 aliphatic carbocycles. The van der Waals surface area contributed by atoms with Crippen molar-refractivity contribution < 1.29 is 42.6 Å². The number of hydrogen-bond donors (Lipinski definition) is 1. The van der Waals surface area contributed by atoms with Gasteiger partial charge in [0.05, 0.1) is 18.2 Å². The van der Waals surface area contributed by atoms with Crippen LogP contribution in [-0.2, 0) is 15.6 Å². The Morgan fingerprint density at radius 1 is 1.04 bits per heavy atom. The third kappa shape index (κ3) is 7.47. The van der Waals surface area contributed by atoms with Gasteiger partial charge in [-0.2, -0.15) is 0 Å². The van der Waals surface area contributed by atoms with E-state index in [0.717, 1.165) is 18.5 Å². The second kappa shape index (κ2) is 15.0. The Balaban J connectivity index is 1.88. The van der Waals surface area contributed by atoms with Gasteiger partial charge in [-0.15, -0.1) is 0 Å². The van der Waals surface area contributed by atoms with Gasteiger partial charge in [-0.05, 0) is 115 Å². The van der Waals surface area contributed by atoms with Crippen LogP contribution in [0.25, 0.3) is 0 Å². The first-order chi connectivity index (χ1) is 25.4. The minimum absolute atomic E-state index is 0.0123. The Bertz CT molecular complexity index is 1850. The molecule has 1 N–H and O–H groups in total. The van der Waals surface area contributed by atoms with Crippen molar-refractivity contribution >= 4 is 31.7 Å². The van der Waals surface area contributed by atoms with Crippen molar-refractivity contribution in [2.45, 2.75) is 103 Å². The summed E-state index contributed by atoms with van der Waals surface area (Å²) in [4.78, 5) is 50.1. The maximum atomic E-state index is 15.7. The predicted molar refractivity (Wildman–Crippen MR) is 213 cm³/mol. The monoisotopic (exact) mass is 782 g/mol. The number of aromatic nitrogens is 1. The van der Waals surface area contributed by atoms with Crippen molar-refractivity contribution in [3.05, 3.63) is 45.9 Å². The molecule has 0 bridgehead atoms. The zero-order chi connectivity index (χ0) is 41.2. The Hall–Kier alpha value is -3.72. The first-order valence-corrected chi connectivity index (χ1v) is 22.2. The summed E-state index contributed by atoms with van der Waals surface area (Å²) in [5, 5.41) is 17.0. The second-order valence-electron chi connectivity index (χ2n) is 18.5. The Morgan fingerprint density at radius 2 is 1.69 bits per heavy atom. The van der Waals surface area contributed by atoms with E-state index in [-0.39, 0.29) is 28.3 Å². The highest BCUT2D eigenvalue weighted by Crippen LogP contribution is 2.62. The molecule has 1 aromatic heterocycles. The van der Waals surface area contributed by atoms with E-state index in [9.17, 15) is 9.90 Å². The number of anilines is 1. The molecule has 2 aromatic rings. The molecular weight excluding hydrogens is 721 g/mol. The number of ether oxygens (including phenoxy) is 3. The molecule has 13 nitrogen and oxygen atoms in total. The topological polar surface area (TPSA) is 144 Å². The van der Waals surface area contributed by atoms with Gasteiger partial charge in [-0.25, -0.2) is 4.79 Å². The standard InChI is InChI=1S/C41H62N4O9Si/c1-16-17-20-50-37-30-34(53-42-37)32(45(12)13)31-25(22-43(8)9)23-21-24-26(44(10)11)18-19-27(51-38(49)52-39(2,3)4)28(24)33(46)29(23)35(47)41(31,36(30)48)54-55(14,15)40(5,6)7/h18-19,23,25,31-32,47H,16-17,20-22H2,1-15H3/t23-,25+,31-,32-,41-/m0/s1. The van der Waals surface area contributed by atoms with Crippen molar-refractivity contribution in [3.63, 3.8) is 0 Å². The van der Waals surface area contributed by atoms with Gasteiger partial charge in [0.2, 0.25) is 5.78 Å². The number of carbonyl (C=O) groups is 3. The van der Waals surface area contributed by atoms with Crippen LogP contribution in [0.5, 0.6) is 11.6 Å². The van der Waals surface area contributed by atoms with Crippen molar-refractivity contribution in [1.29, 1.82) is 0 Å². The fraction of sp³-hybridized carbons (Fsp3) is 0.659. The van der Waals surface area contributed by atoms with Gasteiger partial charge in [-0.3, -0.25) is 14.5 Å². The molecule has 304 valence electrons. The number of aliphatic hydroxyl groups excluding tert-OH is 1. The second-order valence-corrected chi connectivity index (χ2v) is 23.2. The van der Waals surface area contributed by atoms with E-state index >= 15 is 9.59 Å². The molecule has 0 unspecified atom stereocenters. The molecule has 5 atom stereocenters. The van der Waals surface area contributed by atoms with Gasteiger partial charge in [-0.1, -0.05) is 34.1 Å². The Labute approximate surface area is 327 Å². The lowest BCUT2D eigenvalue weighted by molar-refractivity contribution is -0.0777. The van der Waals surface area contributed by atoms with Crippen LogP contribution >= 0.6 is 0 Å². The summed E-state index contributed by atoms with van der Waals surface area (Å²) >= 11 is 0. The number of rotatable bonds is 11. The van der Waals surface area contributed by atoms with Crippen LogP contribution < -0.4 is 14.4 Å². The quantitative estimate of drug-likeness (QED) is 0.104. The lowest BCUT2D eigenvalue weighted by atomic mass is 9.53. The smallest absolute Gasteiger partial charge is 0.508 e. The molecule has 0 radical (unpaired) electrons. The van der Waals surface area contributed by atoms with Gasteiger partial charge in [0.25, 0.3) is 5.88 Å². The van der Waals surface area contributed by atoms with Crippen LogP contribution in [0.2, 0.25) is 18.1 Å². The van der Waals surface area contributed by atoms with E-state index in [2.05, 4.69) is 25.9 Å². The molecule has 0 fully saturated rings. The summed E-state index contributed by atoms with van der Waals surface area (Å²) in [6, 6.07) is 2.80. The largest absolute Gasteiger partial charge is 0.514 e. The van der Waals surface area contributed by atoms with E-state index in [1.165, 1.54) is 0 Å². The van der Waals surface area contributed by atoms with Gasteiger partial charge in [0.1, 0.15) is 22.7 Å². The fourth-order valence-electron chi connectivity index (χ4n) is 8.23. The van der Waals surface area contributed by atoms with Gasteiger partial charge < -0.3 is 38.1 Å².